The Balaban J connectivity index is 1.51. The summed E-state index contributed by atoms with van der Waals surface area (Å²) in [6, 6.07) is 17.8. The fraction of sp³-hybridized carbons (Fsp3) is 0.143. The van der Waals surface area contributed by atoms with E-state index in [2.05, 4.69) is 39.5 Å². The third kappa shape index (κ3) is 3.42. The van der Waals surface area contributed by atoms with Crippen molar-refractivity contribution in [1.82, 2.24) is 4.98 Å². The first kappa shape index (κ1) is 16.3. The number of benzene rings is 2. The molecule has 1 aliphatic rings. The minimum Gasteiger partial charge on any atom is -0.367 e. The highest BCUT2D eigenvalue weighted by atomic mass is 19.1. The lowest BCUT2D eigenvalue weighted by Crippen LogP contribution is -2.30. The van der Waals surface area contributed by atoms with Crippen LogP contribution in [0.15, 0.2) is 66.9 Å². The second-order valence-electron chi connectivity index (χ2n) is 6.30. The van der Waals surface area contributed by atoms with Crippen LogP contribution >= 0.6 is 0 Å². The average molecular weight is 347 g/mol. The molecule has 0 unspecified atom stereocenters. The number of aromatic nitrogens is 1. The Morgan fingerprint density at radius 1 is 1.04 bits per heavy atom. The number of anilines is 2. The molecular formula is C21H18FN3O. The predicted molar refractivity (Wildman–Crippen MR) is 99.8 cm³/mol. The number of halogens is 1. The van der Waals surface area contributed by atoms with Crippen LogP contribution < -0.4 is 10.2 Å². The van der Waals surface area contributed by atoms with Crippen LogP contribution in [-0.2, 0) is 13.0 Å². The number of nitrogens with zero attached hydrogens (tertiary/aromatic N) is 2. The first-order chi connectivity index (χ1) is 12.7. The minimum absolute atomic E-state index is 0.309. The molecule has 0 radical (unpaired) electrons. The maximum absolute atomic E-state index is 13.0. The second-order valence-corrected chi connectivity index (χ2v) is 6.30. The summed E-state index contributed by atoms with van der Waals surface area (Å²) >= 11 is 0. The van der Waals surface area contributed by atoms with Gasteiger partial charge in [-0.05, 0) is 53.9 Å². The van der Waals surface area contributed by atoms with E-state index in [9.17, 15) is 9.18 Å². The number of amides is 1. The summed E-state index contributed by atoms with van der Waals surface area (Å²) < 4.78 is 13.0. The third-order valence-electron chi connectivity index (χ3n) is 4.57. The van der Waals surface area contributed by atoms with Gasteiger partial charge >= 0.3 is 0 Å². The zero-order valence-corrected chi connectivity index (χ0v) is 14.2. The zero-order valence-electron chi connectivity index (χ0n) is 14.2. The van der Waals surface area contributed by atoms with E-state index in [4.69, 9.17) is 0 Å². The first-order valence-electron chi connectivity index (χ1n) is 8.54. The average Bonchev–Trinajstić information content (AvgIpc) is 2.69. The van der Waals surface area contributed by atoms with Gasteiger partial charge in [-0.2, -0.15) is 0 Å². The summed E-state index contributed by atoms with van der Waals surface area (Å²) in [7, 11) is 0. The SMILES string of the molecule is O=C(Nc1ccc(F)cc1)c1cc(N2CCc3ccccc3C2)ccn1. The standard InChI is InChI=1S/C21H18FN3O/c22-17-5-7-18(8-6-17)24-21(26)20-13-19(9-11-23-20)25-12-10-15-3-1-2-4-16(15)14-25/h1-9,11,13H,10,12,14H2,(H,24,26). The molecule has 130 valence electrons. The lowest BCUT2D eigenvalue weighted by molar-refractivity contribution is 0.102. The molecule has 0 bridgehead atoms. The molecule has 2 aromatic carbocycles. The molecule has 4 nitrogen and oxygen atoms in total. The van der Waals surface area contributed by atoms with Crippen LogP contribution in [0, 0.1) is 5.82 Å². The van der Waals surface area contributed by atoms with Crippen LogP contribution in [0.1, 0.15) is 21.6 Å². The van der Waals surface area contributed by atoms with Gasteiger partial charge in [0.1, 0.15) is 11.5 Å². The Bertz CT molecular complexity index is 940. The van der Waals surface area contributed by atoms with E-state index >= 15 is 0 Å². The van der Waals surface area contributed by atoms with Gasteiger partial charge in [0.15, 0.2) is 0 Å². The molecule has 0 spiro atoms. The van der Waals surface area contributed by atoms with Crippen molar-refractivity contribution in [1.29, 1.82) is 0 Å². The van der Waals surface area contributed by atoms with Crippen molar-refractivity contribution < 1.29 is 9.18 Å². The van der Waals surface area contributed by atoms with Gasteiger partial charge in [0.2, 0.25) is 0 Å². The van der Waals surface area contributed by atoms with Gasteiger partial charge in [0.25, 0.3) is 5.91 Å². The van der Waals surface area contributed by atoms with E-state index in [1.165, 1.54) is 35.4 Å². The monoisotopic (exact) mass is 347 g/mol. The second kappa shape index (κ2) is 6.96. The Labute approximate surface area is 151 Å². The Hall–Kier alpha value is -3.21. The van der Waals surface area contributed by atoms with Crippen LogP contribution in [0.4, 0.5) is 15.8 Å². The lowest BCUT2D eigenvalue weighted by atomic mass is 9.99. The minimum atomic E-state index is -0.339. The van der Waals surface area contributed by atoms with Crippen LogP contribution in [0.3, 0.4) is 0 Å². The molecule has 2 heterocycles. The Morgan fingerprint density at radius 2 is 1.81 bits per heavy atom. The summed E-state index contributed by atoms with van der Waals surface area (Å²) in [4.78, 5) is 18.9. The fourth-order valence-corrected chi connectivity index (χ4v) is 3.18. The van der Waals surface area contributed by atoms with Crippen molar-refractivity contribution in [3.05, 3.63) is 89.5 Å². The van der Waals surface area contributed by atoms with Crippen molar-refractivity contribution in [2.75, 3.05) is 16.8 Å². The molecule has 5 heteroatoms. The number of carbonyl (C=O) groups excluding carboxylic acids is 1. The van der Waals surface area contributed by atoms with Crippen molar-refractivity contribution in [2.45, 2.75) is 13.0 Å². The maximum atomic E-state index is 13.0. The highest BCUT2D eigenvalue weighted by Crippen LogP contribution is 2.24. The molecule has 26 heavy (non-hydrogen) atoms. The fourth-order valence-electron chi connectivity index (χ4n) is 3.18. The highest BCUT2D eigenvalue weighted by molar-refractivity contribution is 6.03. The molecule has 0 atom stereocenters. The highest BCUT2D eigenvalue weighted by Gasteiger charge is 2.17. The summed E-state index contributed by atoms with van der Waals surface area (Å²) in [6.07, 6.45) is 2.63. The van der Waals surface area contributed by atoms with Gasteiger partial charge in [-0.25, -0.2) is 4.39 Å². The van der Waals surface area contributed by atoms with E-state index in [0.29, 0.717) is 11.4 Å². The number of pyridine rings is 1. The van der Waals surface area contributed by atoms with E-state index in [0.717, 1.165) is 25.2 Å². The van der Waals surface area contributed by atoms with Gasteiger partial charge in [0, 0.05) is 30.7 Å². The molecule has 0 saturated carbocycles. The summed E-state index contributed by atoms with van der Waals surface area (Å²) in [5.41, 5.74) is 4.54. The molecule has 3 aromatic rings. The Morgan fingerprint density at radius 3 is 2.62 bits per heavy atom. The van der Waals surface area contributed by atoms with Crippen LogP contribution in [-0.4, -0.2) is 17.4 Å². The van der Waals surface area contributed by atoms with Gasteiger partial charge in [-0.3, -0.25) is 9.78 Å². The van der Waals surface area contributed by atoms with Gasteiger partial charge in [-0.1, -0.05) is 24.3 Å². The number of rotatable bonds is 3. The van der Waals surface area contributed by atoms with Crippen molar-refractivity contribution in [3.63, 3.8) is 0 Å². The van der Waals surface area contributed by atoms with E-state index < -0.39 is 0 Å². The van der Waals surface area contributed by atoms with Crippen molar-refractivity contribution >= 4 is 17.3 Å². The topological polar surface area (TPSA) is 45.2 Å². The normalized spacial score (nSPS) is 13.2. The van der Waals surface area contributed by atoms with E-state index in [1.807, 2.05) is 6.07 Å². The number of fused-ring (bicyclic) bond motifs is 1. The van der Waals surface area contributed by atoms with Gasteiger partial charge < -0.3 is 10.2 Å². The van der Waals surface area contributed by atoms with Crippen molar-refractivity contribution in [2.24, 2.45) is 0 Å². The molecule has 4 rings (SSSR count). The molecule has 1 amide bonds. The number of carbonyl (C=O) groups is 1. The third-order valence-corrected chi connectivity index (χ3v) is 4.57. The van der Waals surface area contributed by atoms with E-state index in [1.54, 1.807) is 12.3 Å². The molecular weight excluding hydrogens is 329 g/mol. The first-order valence-corrected chi connectivity index (χ1v) is 8.54. The quantitative estimate of drug-likeness (QED) is 0.778. The van der Waals surface area contributed by atoms with Crippen LogP contribution in [0.25, 0.3) is 0 Å². The maximum Gasteiger partial charge on any atom is 0.274 e. The van der Waals surface area contributed by atoms with Gasteiger partial charge in [-0.15, -0.1) is 0 Å². The lowest BCUT2D eigenvalue weighted by Gasteiger charge is -2.30. The largest absolute Gasteiger partial charge is 0.367 e. The summed E-state index contributed by atoms with van der Waals surface area (Å²) in [6.45, 7) is 1.72. The number of nitrogens with one attached hydrogen (secondary N) is 1. The number of hydrogen-bond donors (Lipinski definition) is 1. The molecule has 1 aromatic heterocycles. The molecule has 0 aliphatic carbocycles. The molecule has 0 saturated heterocycles. The molecule has 1 N–H and O–H groups in total. The number of hydrogen-bond acceptors (Lipinski definition) is 3. The molecule has 0 fully saturated rings. The van der Waals surface area contributed by atoms with Crippen molar-refractivity contribution in [3.8, 4) is 0 Å². The van der Waals surface area contributed by atoms with Crippen LogP contribution in [0.5, 0.6) is 0 Å². The van der Waals surface area contributed by atoms with E-state index in [-0.39, 0.29) is 11.7 Å². The summed E-state index contributed by atoms with van der Waals surface area (Å²) in [5, 5.41) is 2.74. The van der Waals surface area contributed by atoms with Crippen LogP contribution in [0.2, 0.25) is 0 Å². The predicted octanol–water partition coefficient (Wildman–Crippen LogP) is 4.04. The molecule has 1 aliphatic heterocycles. The van der Waals surface area contributed by atoms with Gasteiger partial charge in [0.05, 0.1) is 0 Å². The summed E-state index contributed by atoms with van der Waals surface area (Å²) in [5.74, 6) is -0.649. The smallest absolute Gasteiger partial charge is 0.274 e. The Kier molecular flexibility index (Phi) is 4.35. The zero-order chi connectivity index (χ0) is 17.9.